The van der Waals surface area contributed by atoms with Crippen LogP contribution in [0.4, 0.5) is 0 Å². The van der Waals surface area contributed by atoms with Crippen molar-refractivity contribution in [1.29, 1.82) is 0 Å². The number of hydrogen-bond acceptors (Lipinski definition) is 0. The lowest BCUT2D eigenvalue weighted by Crippen LogP contribution is -2.19. The van der Waals surface area contributed by atoms with E-state index in [9.17, 15) is 0 Å². The van der Waals surface area contributed by atoms with Crippen molar-refractivity contribution in [3.63, 3.8) is 0 Å². The molecule has 0 spiro atoms. The molecule has 0 saturated heterocycles. The molecule has 0 N–H and O–H groups in total. The Balaban J connectivity index is 2.05. The van der Waals surface area contributed by atoms with Gasteiger partial charge in [0, 0.05) is 10.9 Å². The molecule has 0 amide bonds. The van der Waals surface area contributed by atoms with Crippen molar-refractivity contribution in [3.05, 3.63) is 69.7 Å². The Labute approximate surface area is 133 Å². The van der Waals surface area contributed by atoms with Crippen LogP contribution in [0.15, 0.2) is 42.5 Å². The normalized spacial score (nSPS) is 21.4. The molecule has 0 fully saturated rings. The minimum atomic E-state index is 0.521. The lowest BCUT2D eigenvalue weighted by molar-refractivity contribution is 0.417. The zero-order chi connectivity index (χ0) is 15.0. The lowest BCUT2D eigenvalue weighted by Gasteiger charge is -2.34. The van der Waals surface area contributed by atoms with Crippen LogP contribution in [0, 0.1) is 12.8 Å². The van der Waals surface area contributed by atoms with Crippen LogP contribution in [0.3, 0.4) is 0 Å². The monoisotopic (exact) mass is 298 g/mol. The van der Waals surface area contributed by atoms with E-state index in [1.807, 2.05) is 6.07 Å². The first kappa shape index (κ1) is 14.7. The Kier molecular flexibility index (Phi) is 4.08. The second-order valence-corrected chi connectivity index (χ2v) is 7.03. The van der Waals surface area contributed by atoms with Gasteiger partial charge in [-0.25, -0.2) is 0 Å². The standard InChI is InChI=1S/C20H23Cl/c1-13(2)16-9-10-17(19-7-5-4-6-18(16)19)15-8-11-20(21)14(3)12-15/h4-8,11-13,16-17H,9-10H2,1-3H3/t16?,17-/m0/s1. The molecule has 2 aromatic carbocycles. The highest BCUT2D eigenvalue weighted by molar-refractivity contribution is 6.31. The van der Waals surface area contributed by atoms with Gasteiger partial charge in [-0.05, 0) is 59.9 Å². The molecule has 0 aromatic heterocycles. The number of fused-ring (bicyclic) bond motifs is 1. The van der Waals surface area contributed by atoms with E-state index in [-0.39, 0.29) is 0 Å². The van der Waals surface area contributed by atoms with Gasteiger partial charge >= 0.3 is 0 Å². The van der Waals surface area contributed by atoms with Gasteiger partial charge in [0.15, 0.2) is 0 Å². The minimum absolute atomic E-state index is 0.521. The van der Waals surface area contributed by atoms with E-state index in [2.05, 4.69) is 57.2 Å². The molecule has 0 nitrogen and oxygen atoms in total. The Morgan fingerprint density at radius 2 is 1.71 bits per heavy atom. The van der Waals surface area contributed by atoms with Gasteiger partial charge in [-0.15, -0.1) is 0 Å². The molecule has 1 unspecified atom stereocenters. The molecule has 2 atom stereocenters. The molecule has 0 bridgehead atoms. The second kappa shape index (κ2) is 5.85. The fraction of sp³-hybridized carbons (Fsp3) is 0.400. The number of halogens is 1. The molecule has 110 valence electrons. The van der Waals surface area contributed by atoms with Crippen LogP contribution in [0.5, 0.6) is 0 Å². The maximum atomic E-state index is 6.18. The maximum Gasteiger partial charge on any atom is 0.0435 e. The van der Waals surface area contributed by atoms with E-state index in [0.717, 1.165) is 5.02 Å². The molecule has 0 radical (unpaired) electrons. The average molecular weight is 299 g/mol. The molecule has 1 heteroatoms. The highest BCUT2D eigenvalue weighted by atomic mass is 35.5. The summed E-state index contributed by atoms with van der Waals surface area (Å²) in [5, 5.41) is 0.864. The quantitative estimate of drug-likeness (QED) is 0.609. The number of hydrogen-bond donors (Lipinski definition) is 0. The van der Waals surface area contributed by atoms with Crippen molar-refractivity contribution >= 4 is 11.6 Å². The summed E-state index contributed by atoms with van der Waals surface area (Å²) in [6.45, 7) is 6.78. The molecule has 0 saturated carbocycles. The van der Waals surface area contributed by atoms with Gasteiger partial charge in [0.1, 0.15) is 0 Å². The summed E-state index contributed by atoms with van der Waals surface area (Å²) in [5.41, 5.74) is 5.66. The first-order valence-corrected chi connectivity index (χ1v) is 8.30. The molecule has 0 heterocycles. The summed E-state index contributed by atoms with van der Waals surface area (Å²) in [6.07, 6.45) is 2.52. The van der Waals surface area contributed by atoms with E-state index < -0.39 is 0 Å². The van der Waals surface area contributed by atoms with E-state index in [1.54, 1.807) is 5.56 Å². The Morgan fingerprint density at radius 3 is 2.38 bits per heavy atom. The Morgan fingerprint density at radius 1 is 1.00 bits per heavy atom. The van der Waals surface area contributed by atoms with Crippen LogP contribution in [0.2, 0.25) is 5.02 Å². The fourth-order valence-electron chi connectivity index (χ4n) is 3.75. The van der Waals surface area contributed by atoms with Crippen LogP contribution in [-0.2, 0) is 0 Å². The number of benzene rings is 2. The highest BCUT2D eigenvalue weighted by Gasteiger charge is 2.29. The topological polar surface area (TPSA) is 0 Å². The Hall–Kier alpha value is -1.27. The first-order valence-electron chi connectivity index (χ1n) is 7.92. The second-order valence-electron chi connectivity index (χ2n) is 6.62. The average Bonchev–Trinajstić information content (AvgIpc) is 2.49. The summed E-state index contributed by atoms with van der Waals surface area (Å²) in [7, 11) is 0. The van der Waals surface area contributed by atoms with Crippen molar-refractivity contribution < 1.29 is 0 Å². The summed E-state index contributed by atoms with van der Waals surface area (Å²) in [6, 6.07) is 15.5. The van der Waals surface area contributed by atoms with Crippen molar-refractivity contribution in [3.8, 4) is 0 Å². The molecule has 1 aliphatic rings. The molecule has 21 heavy (non-hydrogen) atoms. The summed E-state index contributed by atoms with van der Waals surface area (Å²) in [5.74, 6) is 1.93. The molecular formula is C20H23Cl. The molecule has 2 aromatic rings. The fourth-order valence-corrected chi connectivity index (χ4v) is 3.86. The summed E-state index contributed by atoms with van der Waals surface area (Å²) < 4.78 is 0. The summed E-state index contributed by atoms with van der Waals surface area (Å²) in [4.78, 5) is 0. The van der Waals surface area contributed by atoms with Gasteiger partial charge in [0.2, 0.25) is 0 Å². The van der Waals surface area contributed by atoms with Crippen molar-refractivity contribution in [2.75, 3.05) is 0 Å². The SMILES string of the molecule is Cc1cc([C@@H]2CCC(C(C)C)c3ccccc32)ccc1Cl. The van der Waals surface area contributed by atoms with Crippen molar-refractivity contribution in [2.24, 2.45) is 5.92 Å². The molecule has 3 rings (SSSR count). The number of aryl methyl sites for hydroxylation is 1. The van der Waals surface area contributed by atoms with Gasteiger partial charge in [-0.2, -0.15) is 0 Å². The molecule has 1 aliphatic carbocycles. The van der Waals surface area contributed by atoms with Crippen LogP contribution in [0.25, 0.3) is 0 Å². The minimum Gasteiger partial charge on any atom is -0.0841 e. The van der Waals surface area contributed by atoms with Gasteiger partial charge in [-0.3, -0.25) is 0 Å². The summed E-state index contributed by atoms with van der Waals surface area (Å²) >= 11 is 6.18. The first-order chi connectivity index (χ1) is 10.1. The van der Waals surface area contributed by atoms with Crippen LogP contribution in [0.1, 0.15) is 60.8 Å². The Bertz CT molecular complexity index is 642. The maximum absolute atomic E-state index is 6.18. The highest BCUT2D eigenvalue weighted by Crippen LogP contribution is 2.45. The van der Waals surface area contributed by atoms with E-state index in [0.29, 0.717) is 17.8 Å². The third-order valence-electron chi connectivity index (χ3n) is 4.93. The zero-order valence-corrected chi connectivity index (χ0v) is 13.8. The smallest absolute Gasteiger partial charge is 0.0435 e. The van der Waals surface area contributed by atoms with Gasteiger partial charge in [0.25, 0.3) is 0 Å². The molecular weight excluding hydrogens is 276 g/mol. The predicted molar refractivity (Wildman–Crippen MR) is 91.3 cm³/mol. The van der Waals surface area contributed by atoms with E-state index >= 15 is 0 Å². The third-order valence-corrected chi connectivity index (χ3v) is 5.35. The van der Waals surface area contributed by atoms with Crippen LogP contribution >= 0.6 is 11.6 Å². The number of rotatable bonds is 2. The third kappa shape index (κ3) is 2.74. The van der Waals surface area contributed by atoms with Crippen molar-refractivity contribution in [2.45, 2.75) is 45.4 Å². The predicted octanol–water partition coefficient (Wildman–Crippen LogP) is 6.31. The van der Waals surface area contributed by atoms with Crippen molar-refractivity contribution in [1.82, 2.24) is 0 Å². The van der Waals surface area contributed by atoms with Gasteiger partial charge < -0.3 is 0 Å². The van der Waals surface area contributed by atoms with Gasteiger partial charge in [0.05, 0.1) is 0 Å². The van der Waals surface area contributed by atoms with E-state index in [1.165, 1.54) is 29.5 Å². The van der Waals surface area contributed by atoms with Crippen LogP contribution < -0.4 is 0 Å². The molecule has 0 aliphatic heterocycles. The van der Waals surface area contributed by atoms with Crippen LogP contribution in [-0.4, -0.2) is 0 Å². The zero-order valence-electron chi connectivity index (χ0n) is 13.1. The van der Waals surface area contributed by atoms with E-state index in [4.69, 9.17) is 11.6 Å². The lowest BCUT2D eigenvalue weighted by atomic mass is 9.70. The largest absolute Gasteiger partial charge is 0.0841 e. The van der Waals surface area contributed by atoms with Gasteiger partial charge in [-0.1, -0.05) is 61.8 Å².